The normalized spacial score (nSPS) is 13.3. The summed E-state index contributed by atoms with van der Waals surface area (Å²) < 4.78 is 12.9. The Bertz CT molecular complexity index is 658. The molecule has 5 heteroatoms. The van der Waals surface area contributed by atoms with Gasteiger partial charge in [0.25, 0.3) is 0 Å². The fourth-order valence-corrected chi connectivity index (χ4v) is 2.32. The second kappa shape index (κ2) is 7.74. The number of carbonyl (C=O) groups is 1. The molecule has 0 heterocycles. The van der Waals surface area contributed by atoms with Crippen molar-refractivity contribution in [3.8, 4) is 5.75 Å². The van der Waals surface area contributed by atoms with Gasteiger partial charge >= 0.3 is 0 Å². The second-order valence-corrected chi connectivity index (χ2v) is 5.48. The Balaban J connectivity index is 1.87. The van der Waals surface area contributed by atoms with E-state index in [2.05, 4.69) is 5.32 Å². The fraction of sp³-hybridized carbons (Fsp3) is 0.278. The molecule has 0 saturated heterocycles. The lowest BCUT2D eigenvalue weighted by Gasteiger charge is -2.20. The first-order valence-corrected chi connectivity index (χ1v) is 7.47. The van der Waals surface area contributed by atoms with Crippen LogP contribution in [0.4, 0.5) is 4.39 Å². The molecule has 2 rings (SSSR count). The Hall–Kier alpha value is -2.40. The molecule has 0 spiro atoms. The number of phenolic OH excluding ortho intramolecular Hbond substituents is 1. The van der Waals surface area contributed by atoms with Crippen LogP contribution in [-0.2, 0) is 11.2 Å². The minimum absolute atomic E-state index is 0.166. The summed E-state index contributed by atoms with van der Waals surface area (Å²) in [5.74, 6) is -0.429. The molecule has 0 bridgehead atoms. The molecule has 0 radical (unpaired) electrons. The largest absolute Gasteiger partial charge is 0.508 e. The number of carbonyl (C=O) groups excluding carboxylic acids is 1. The number of halogens is 1. The third-order valence-corrected chi connectivity index (χ3v) is 3.69. The van der Waals surface area contributed by atoms with Crippen molar-refractivity contribution in [2.75, 3.05) is 0 Å². The summed E-state index contributed by atoms with van der Waals surface area (Å²) in [5, 5.41) is 22.6. The number of amides is 1. The van der Waals surface area contributed by atoms with Gasteiger partial charge in [0.05, 0.1) is 12.1 Å². The number of para-hydroxylation sites is 1. The van der Waals surface area contributed by atoms with E-state index in [1.54, 1.807) is 31.2 Å². The average molecular weight is 317 g/mol. The Labute approximate surface area is 134 Å². The third kappa shape index (κ3) is 4.79. The van der Waals surface area contributed by atoms with Gasteiger partial charge in [0.15, 0.2) is 0 Å². The van der Waals surface area contributed by atoms with Crippen LogP contribution >= 0.6 is 0 Å². The predicted molar refractivity (Wildman–Crippen MR) is 85.4 cm³/mol. The minimum atomic E-state index is -0.912. The number of aliphatic hydroxyl groups excluding tert-OH is 1. The van der Waals surface area contributed by atoms with Crippen molar-refractivity contribution in [1.82, 2.24) is 5.32 Å². The second-order valence-electron chi connectivity index (χ2n) is 5.48. The summed E-state index contributed by atoms with van der Waals surface area (Å²) in [4.78, 5) is 12.0. The number of hydrogen-bond donors (Lipinski definition) is 3. The number of aryl methyl sites for hydroxylation is 1. The maximum absolute atomic E-state index is 12.9. The zero-order valence-corrected chi connectivity index (χ0v) is 12.9. The van der Waals surface area contributed by atoms with Crippen LogP contribution in [0.25, 0.3) is 0 Å². The topological polar surface area (TPSA) is 69.6 Å². The van der Waals surface area contributed by atoms with Crippen molar-refractivity contribution in [2.45, 2.75) is 31.9 Å². The molecule has 0 aromatic heterocycles. The van der Waals surface area contributed by atoms with Gasteiger partial charge in [0, 0.05) is 6.42 Å². The average Bonchev–Trinajstić information content (AvgIpc) is 2.54. The predicted octanol–water partition coefficient (Wildman–Crippen LogP) is 2.70. The van der Waals surface area contributed by atoms with Gasteiger partial charge in [-0.25, -0.2) is 4.39 Å². The standard InChI is InChI=1S/C18H20FNO3/c1-12(18(23)14-6-9-15(19)10-7-14)20-17(22)11-8-13-4-2-3-5-16(13)21/h2-7,9-10,12,18,21,23H,8,11H2,1H3,(H,20,22). The SMILES string of the molecule is CC(NC(=O)CCc1ccccc1O)C(O)c1ccc(F)cc1. The van der Waals surface area contributed by atoms with Crippen LogP contribution < -0.4 is 5.32 Å². The van der Waals surface area contributed by atoms with Crippen LogP contribution in [0, 0.1) is 5.82 Å². The molecule has 0 saturated carbocycles. The van der Waals surface area contributed by atoms with Crippen molar-refractivity contribution in [1.29, 1.82) is 0 Å². The summed E-state index contributed by atoms with van der Waals surface area (Å²) in [7, 11) is 0. The Morgan fingerprint density at radius 2 is 1.83 bits per heavy atom. The third-order valence-electron chi connectivity index (χ3n) is 3.69. The summed E-state index contributed by atoms with van der Waals surface area (Å²) in [6.07, 6.45) is -0.291. The molecule has 2 atom stereocenters. The molecule has 0 fully saturated rings. The Morgan fingerprint density at radius 1 is 1.17 bits per heavy atom. The van der Waals surface area contributed by atoms with E-state index in [4.69, 9.17) is 0 Å². The van der Waals surface area contributed by atoms with Crippen LogP contribution in [0.5, 0.6) is 5.75 Å². The van der Waals surface area contributed by atoms with E-state index in [1.807, 2.05) is 0 Å². The van der Waals surface area contributed by atoms with E-state index in [0.29, 0.717) is 17.5 Å². The fourth-order valence-electron chi connectivity index (χ4n) is 2.32. The lowest BCUT2D eigenvalue weighted by atomic mass is 10.0. The maximum atomic E-state index is 12.9. The van der Waals surface area contributed by atoms with Gasteiger partial charge in [-0.1, -0.05) is 30.3 Å². The molecule has 0 aliphatic carbocycles. The Morgan fingerprint density at radius 3 is 2.48 bits per heavy atom. The van der Waals surface area contributed by atoms with Crippen LogP contribution in [0.1, 0.15) is 30.6 Å². The molecule has 2 unspecified atom stereocenters. The van der Waals surface area contributed by atoms with E-state index < -0.39 is 12.1 Å². The quantitative estimate of drug-likeness (QED) is 0.767. The van der Waals surface area contributed by atoms with Crippen LogP contribution in [0.3, 0.4) is 0 Å². The molecule has 1 amide bonds. The van der Waals surface area contributed by atoms with Crippen molar-refractivity contribution >= 4 is 5.91 Å². The highest BCUT2D eigenvalue weighted by Crippen LogP contribution is 2.19. The van der Waals surface area contributed by atoms with E-state index >= 15 is 0 Å². The van der Waals surface area contributed by atoms with Crippen molar-refractivity contribution < 1.29 is 19.4 Å². The number of nitrogens with one attached hydrogen (secondary N) is 1. The van der Waals surface area contributed by atoms with E-state index in [0.717, 1.165) is 0 Å². The lowest BCUT2D eigenvalue weighted by molar-refractivity contribution is -0.122. The lowest BCUT2D eigenvalue weighted by Crippen LogP contribution is -2.37. The van der Waals surface area contributed by atoms with E-state index in [-0.39, 0.29) is 23.9 Å². The van der Waals surface area contributed by atoms with Gasteiger partial charge in [0.2, 0.25) is 5.91 Å². The van der Waals surface area contributed by atoms with Crippen LogP contribution in [-0.4, -0.2) is 22.2 Å². The van der Waals surface area contributed by atoms with Gasteiger partial charge in [-0.2, -0.15) is 0 Å². The number of rotatable bonds is 6. The van der Waals surface area contributed by atoms with Gasteiger partial charge in [-0.15, -0.1) is 0 Å². The summed E-state index contributed by atoms with van der Waals surface area (Å²) >= 11 is 0. The number of phenols is 1. The Kier molecular flexibility index (Phi) is 5.71. The number of aliphatic hydroxyl groups is 1. The summed E-state index contributed by atoms with van der Waals surface area (Å²) in [6, 6.07) is 11.9. The number of hydrogen-bond acceptors (Lipinski definition) is 3. The van der Waals surface area contributed by atoms with E-state index in [9.17, 15) is 19.4 Å². The van der Waals surface area contributed by atoms with Gasteiger partial charge in [-0.3, -0.25) is 4.79 Å². The molecule has 0 aliphatic heterocycles. The highest BCUT2D eigenvalue weighted by molar-refractivity contribution is 5.76. The zero-order chi connectivity index (χ0) is 16.8. The monoisotopic (exact) mass is 317 g/mol. The summed E-state index contributed by atoms with van der Waals surface area (Å²) in [5.41, 5.74) is 1.24. The smallest absolute Gasteiger partial charge is 0.220 e. The molecular weight excluding hydrogens is 297 g/mol. The highest BCUT2D eigenvalue weighted by atomic mass is 19.1. The zero-order valence-electron chi connectivity index (χ0n) is 12.9. The molecule has 23 heavy (non-hydrogen) atoms. The maximum Gasteiger partial charge on any atom is 0.220 e. The van der Waals surface area contributed by atoms with Crippen LogP contribution in [0.2, 0.25) is 0 Å². The van der Waals surface area contributed by atoms with E-state index in [1.165, 1.54) is 24.3 Å². The molecule has 122 valence electrons. The number of benzene rings is 2. The molecule has 4 nitrogen and oxygen atoms in total. The molecule has 2 aromatic carbocycles. The van der Waals surface area contributed by atoms with Crippen LogP contribution in [0.15, 0.2) is 48.5 Å². The van der Waals surface area contributed by atoms with Crippen molar-refractivity contribution in [2.24, 2.45) is 0 Å². The molecule has 3 N–H and O–H groups in total. The summed E-state index contributed by atoms with van der Waals surface area (Å²) in [6.45, 7) is 1.69. The van der Waals surface area contributed by atoms with Crippen molar-refractivity contribution in [3.63, 3.8) is 0 Å². The first kappa shape index (κ1) is 17.0. The minimum Gasteiger partial charge on any atom is -0.508 e. The molecule has 0 aliphatic rings. The first-order valence-electron chi connectivity index (χ1n) is 7.47. The first-order chi connectivity index (χ1) is 11.0. The highest BCUT2D eigenvalue weighted by Gasteiger charge is 2.18. The number of aromatic hydroxyl groups is 1. The molecular formula is C18H20FNO3. The van der Waals surface area contributed by atoms with Gasteiger partial charge < -0.3 is 15.5 Å². The van der Waals surface area contributed by atoms with Gasteiger partial charge in [0.1, 0.15) is 11.6 Å². The van der Waals surface area contributed by atoms with Crippen molar-refractivity contribution in [3.05, 3.63) is 65.5 Å². The molecule has 2 aromatic rings. The van der Waals surface area contributed by atoms with Gasteiger partial charge in [-0.05, 0) is 42.7 Å².